The van der Waals surface area contributed by atoms with Crippen LogP contribution >= 0.6 is 11.3 Å². The number of halogens is 1. The van der Waals surface area contributed by atoms with Crippen molar-refractivity contribution in [3.05, 3.63) is 70.9 Å². The first kappa shape index (κ1) is 20.6. The van der Waals surface area contributed by atoms with Gasteiger partial charge in [-0.25, -0.2) is 17.8 Å². The molecule has 1 unspecified atom stereocenters. The molecular formula is C21H20FN3O3S2. The van der Waals surface area contributed by atoms with E-state index in [-0.39, 0.29) is 18.1 Å². The average Bonchev–Trinajstić information content (AvgIpc) is 3.21. The molecule has 0 radical (unpaired) electrons. The Morgan fingerprint density at radius 1 is 1.20 bits per heavy atom. The molecule has 0 spiro atoms. The van der Waals surface area contributed by atoms with Gasteiger partial charge in [0.15, 0.2) is 5.13 Å². The van der Waals surface area contributed by atoms with Gasteiger partial charge in [0, 0.05) is 17.5 Å². The topological polar surface area (TPSA) is 79.4 Å². The van der Waals surface area contributed by atoms with Crippen LogP contribution in [-0.4, -0.2) is 35.4 Å². The van der Waals surface area contributed by atoms with E-state index in [4.69, 9.17) is 0 Å². The third kappa shape index (κ3) is 4.14. The molecular weight excluding hydrogens is 425 g/mol. The standard InChI is InChI=1S/C21H20FN3O3S2/c1-2-30(27,28)25-12-16-6-4-3-5-15(16)11-19(25)20(26)24-21-23-18(13-29-21)14-7-9-17(22)10-8-14/h3-10,13,19H,2,11-12H2,1H3,(H,23,24,26). The molecule has 4 rings (SSSR count). The number of benzene rings is 2. The monoisotopic (exact) mass is 445 g/mol. The summed E-state index contributed by atoms with van der Waals surface area (Å²) in [5, 5.41) is 4.89. The zero-order valence-corrected chi connectivity index (χ0v) is 17.8. The van der Waals surface area contributed by atoms with Gasteiger partial charge in [-0.15, -0.1) is 11.3 Å². The Hall–Kier alpha value is -2.62. The van der Waals surface area contributed by atoms with Crippen LogP contribution in [0.5, 0.6) is 0 Å². The Bertz CT molecular complexity index is 1180. The zero-order chi connectivity index (χ0) is 21.3. The number of carbonyl (C=O) groups excluding carboxylic acids is 1. The molecule has 1 N–H and O–H groups in total. The summed E-state index contributed by atoms with van der Waals surface area (Å²) in [4.78, 5) is 17.4. The van der Waals surface area contributed by atoms with Gasteiger partial charge in [-0.05, 0) is 48.7 Å². The second-order valence-electron chi connectivity index (χ2n) is 6.97. The smallest absolute Gasteiger partial charge is 0.244 e. The van der Waals surface area contributed by atoms with Gasteiger partial charge in [0.1, 0.15) is 11.9 Å². The summed E-state index contributed by atoms with van der Waals surface area (Å²) in [6, 6.07) is 12.6. The maximum atomic E-state index is 13.1. The van der Waals surface area contributed by atoms with Crippen molar-refractivity contribution in [3.63, 3.8) is 0 Å². The average molecular weight is 446 g/mol. The quantitative estimate of drug-likeness (QED) is 0.650. The van der Waals surface area contributed by atoms with Gasteiger partial charge in [0.05, 0.1) is 11.4 Å². The first-order chi connectivity index (χ1) is 14.4. The normalized spacial score (nSPS) is 16.8. The van der Waals surface area contributed by atoms with Crippen molar-refractivity contribution in [2.75, 3.05) is 11.1 Å². The van der Waals surface area contributed by atoms with Gasteiger partial charge in [-0.3, -0.25) is 4.79 Å². The van der Waals surface area contributed by atoms with Crippen molar-refractivity contribution >= 4 is 32.4 Å². The molecule has 1 aromatic heterocycles. The predicted octanol–water partition coefficient (Wildman–Crippen LogP) is 3.66. The number of anilines is 1. The van der Waals surface area contributed by atoms with E-state index in [2.05, 4.69) is 10.3 Å². The number of amides is 1. The molecule has 6 nitrogen and oxygen atoms in total. The van der Waals surface area contributed by atoms with Gasteiger partial charge in [0.2, 0.25) is 15.9 Å². The first-order valence-electron chi connectivity index (χ1n) is 9.46. The molecule has 0 saturated carbocycles. The fraction of sp³-hybridized carbons (Fsp3) is 0.238. The minimum atomic E-state index is -3.57. The number of thiazole rings is 1. The van der Waals surface area contributed by atoms with Crippen molar-refractivity contribution < 1.29 is 17.6 Å². The minimum absolute atomic E-state index is 0.0785. The number of hydrogen-bond donors (Lipinski definition) is 1. The van der Waals surface area contributed by atoms with E-state index in [0.29, 0.717) is 17.2 Å². The maximum Gasteiger partial charge on any atom is 0.244 e. The molecule has 1 aliphatic heterocycles. The van der Waals surface area contributed by atoms with E-state index >= 15 is 0 Å². The number of fused-ring (bicyclic) bond motifs is 1. The Kier molecular flexibility index (Phi) is 5.68. The van der Waals surface area contributed by atoms with E-state index in [1.54, 1.807) is 24.4 Å². The third-order valence-electron chi connectivity index (χ3n) is 5.10. The third-order valence-corrected chi connectivity index (χ3v) is 7.69. The summed E-state index contributed by atoms with van der Waals surface area (Å²) in [7, 11) is -3.57. The predicted molar refractivity (Wildman–Crippen MR) is 115 cm³/mol. The molecule has 0 bridgehead atoms. The highest BCUT2D eigenvalue weighted by Gasteiger charge is 2.38. The second-order valence-corrected chi connectivity index (χ2v) is 10.0. The van der Waals surface area contributed by atoms with E-state index in [1.807, 2.05) is 24.3 Å². The minimum Gasteiger partial charge on any atom is -0.301 e. The molecule has 0 saturated heterocycles. The van der Waals surface area contributed by atoms with Crippen LogP contribution < -0.4 is 5.32 Å². The Morgan fingerprint density at radius 3 is 2.60 bits per heavy atom. The summed E-state index contributed by atoms with van der Waals surface area (Å²) in [6.45, 7) is 1.74. The van der Waals surface area contributed by atoms with Crippen LogP contribution in [0.3, 0.4) is 0 Å². The van der Waals surface area contributed by atoms with E-state index < -0.39 is 22.0 Å². The summed E-state index contributed by atoms with van der Waals surface area (Å²) in [5.74, 6) is -0.830. The highest BCUT2D eigenvalue weighted by molar-refractivity contribution is 7.89. The molecule has 1 aliphatic rings. The lowest BCUT2D eigenvalue weighted by Gasteiger charge is -2.34. The largest absolute Gasteiger partial charge is 0.301 e. The fourth-order valence-electron chi connectivity index (χ4n) is 3.45. The lowest BCUT2D eigenvalue weighted by Crippen LogP contribution is -2.51. The van der Waals surface area contributed by atoms with Crippen LogP contribution in [0.1, 0.15) is 18.1 Å². The lowest BCUT2D eigenvalue weighted by atomic mass is 9.95. The van der Waals surface area contributed by atoms with Gasteiger partial charge in [-0.2, -0.15) is 4.31 Å². The van der Waals surface area contributed by atoms with Crippen LogP contribution in [0.2, 0.25) is 0 Å². The van der Waals surface area contributed by atoms with Crippen LogP contribution in [0.4, 0.5) is 9.52 Å². The first-order valence-corrected chi connectivity index (χ1v) is 11.9. The Labute approximate surface area is 178 Å². The summed E-state index contributed by atoms with van der Waals surface area (Å²) >= 11 is 1.24. The molecule has 0 aliphatic carbocycles. The Balaban J connectivity index is 1.57. The molecule has 2 heterocycles. The fourth-order valence-corrected chi connectivity index (χ4v) is 5.40. The number of nitrogens with one attached hydrogen (secondary N) is 1. The summed E-state index contributed by atoms with van der Waals surface area (Å²) in [5.41, 5.74) is 3.22. The molecule has 9 heteroatoms. The van der Waals surface area contributed by atoms with Crippen LogP contribution in [0, 0.1) is 5.82 Å². The van der Waals surface area contributed by atoms with Gasteiger partial charge in [-0.1, -0.05) is 24.3 Å². The Morgan fingerprint density at radius 2 is 1.90 bits per heavy atom. The lowest BCUT2D eigenvalue weighted by molar-refractivity contribution is -0.120. The zero-order valence-electron chi connectivity index (χ0n) is 16.2. The number of nitrogens with zero attached hydrogens (tertiary/aromatic N) is 2. The highest BCUT2D eigenvalue weighted by Crippen LogP contribution is 2.29. The van der Waals surface area contributed by atoms with E-state index in [1.165, 1.54) is 27.8 Å². The molecule has 1 amide bonds. The van der Waals surface area contributed by atoms with Crippen molar-refractivity contribution in [2.24, 2.45) is 0 Å². The van der Waals surface area contributed by atoms with Crippen molar-refractivity contribution in [1.82, 2.24) is 9.29 Å². The van der Waals surface area contributed by atoms with Gasteiger partial charge < -0.3 is 5.32 Å². The maximum absolute atomic E-state index is 13.1. The van der Waals surface area contributed by atoms with Crippen LogP contribution in [0.25, 0.3) is 11.3 Å². The number of aromatic nitrogens is 1. The summed E-state index contributed by atoms with van der Waals surface area (Å²) < 4.78 is 39.7. The van der Waals surface area contributed by atoms with Crippen molar-refractivity contribution in [3.8, 4) is 11.3 Å². The van der Waals surface area contributed by atoms with Crippen LogP contribution in [0.15, 0.2) is 53.9 Å². The molecule has 0 fully saturated rings. The number of sulfonamides is 1. The molecule has 2 aromatic carbocycles. The molecule has 30 heavy (non-hydrogen) atoms. The summed E-state index contributed by atoms with van der Waals surface area (Å²) in [6.07, 6.45) is 0.303. The van der Waals surface area contributed by atoms with E-state index in [0.717, 1.165) is 16.7 Å². The number of carbonyl (C=O) groups is 1. The van der Waals surface area contributed by atoms with Crippen molar-refractivity contribution in [1.29, 1.82) is 0 Å². The second kappa shape index (κ2) is 8.25. The van der Waals surface area contributed by atoms with Gasteiger partial charge in [0.25, 0.3) is 0 Å². The molecule has 156 valence electrons. The highest BCUT2D eigenvalue weighted by atomic mass is 32.2. The number of rotatable bonds is 5. The van der Waals surface area contributed by atoms with Crippen molar-refractivity contribution in [2.45, 2.75) is 25.9 Å². The molecule has 3 aromatic rings. The SMILES string of the molecule is CCS(=O)(=O)N1Cc2ccccc2CC1C(=O)Nc1nc(-c2ccc(F)cc2)cs1. The van der Waals surface area contributed by atoms with Gasteiger partial charge >= 0.3 is 0 Å². The molecule has 1 atom stereocenters. The van der Waals surface area contributed by atoms with E-state index in [9.17, 15) is 17.6 Å². The number of hydrogen-bond acceptors (Lipinski definition) is 5. The van der Waals surface area contributed by atoms with Crippen LogP contribution in [-0.2, 0) is 27.8 Å².